The molecule has 2 aromatic carbocycles. The first-order valence-electron chi connectivity index (χ1n) is 7.91. The fraction of sp³-hybridized carbons (Fsp3) is 0.235. The number of aromatic nitrogens is 1. The third-order valence-corrected chi connectivity index (χ3v) is 7.39. The molecule has 10 heteroatoms. The highest BCUT2D eigenvalue weighted by atomic mass is 32.2. The highest BCUT2D eigenvalue weighted by Crippen LogP contribution is 2.22. The van der Waals surface area contributed by atoms with Crippen LogP contribution in [-0.2, 0) is 31.1 Å². The van der Waals surface area contributed by atoms with Crippen molar-refractivity contribution in [3.05, 3.63) is 53.3 Å². The van der Waals surface area contributed by atoms with Crippen molar-refractivity contribution < 1.29 is 21.6 Å². The van der Waals surface area contributed by atoms with E-state index in [1.54, 1.807) is 35.9 Å². The van der Waals surface area contributed by atoms with Gasteiger partial charge in [-0.1, -0.05) is 29.5 Å². The zero-order valence-corrected chi connectivity index (χ0v) is 17.1. The van der Waals surface area contributed by atoms with E-state index in [0.717, 1.165) is 17.6 Å². The Hall–Kier alpha value is -2.01. The lowest BCUT2D eigenvalue weighted by atomic mass is 10.3. The predicted octanol–water partition coefficient (Wildman–Crippen LogP) is 2.04. The van der Waals surface area contributed by atoms with Crippen molar-refractivity contribution >= 4 is 41.4 Å². The first-order valence-corrected chi connectivity index (χ1v) is 12.1. The minimum absolute atomic E-state index is 0.0950. The molecule has 0 saturated carbocycles. The van der Waals surface area contributed by atoms with Gasteiger partial charge in [0.25, 0.3) is 10.0 Å². The lowest BCUT2D eigenvalue weighted by Gasteiger charge is -2.05. The topological polar surface area (TPSA) is 94.8 Å². The summed E-state index contributed by atoms with van der Waals surface area (Å²) in [5.74, 6) is 0. The summed E-state index contributed by atoms with van der Waals surface area (Å²) in [4.78, 5) is 0.529. The second kappa shape index (κ2) is 7.55. The molecule has 7 nitrogen and oxygen atoms in total. The Kier molecular flexibility index (Phi) is 5.52. The Bertz CT molecular complexity index is 1240. The van der Waals surface area contributed by atoms with Gasteiger partial charge in [-0.3, -0.25) is 0 Å². The van der Waals surface area contributed by atoms with Crippen molar-refractivity contribution in [3.63, 3.8) is 0 Å². The number of sulfonamides is 1. The molecule has 0 unspecified atom stereocenters. The van der Waals surface area contributed by atoms with Gasteiger partial charge in [0.05, 0.1) is 26.6 Å². The number of methoxy groups -OCH3 is 1. The fourth-order valence-electron chi connectivity index (χ4n) is 2.50. The molecule has 144 valence electrons. The Morgan fingerprint density at radius 3 is 2.37 bits per heavy atom. The van der Waals surface area contributed by atoms with Crippen LogP contribution in [-0.4, -0.2) is 41.4 Å². The van der Waals surface area contributed by atoms with Crippen LogP contribution in [0.3, 0.4) is 0 Å². The summed E-state index contributed by atoms with van der Waals surface area (Å²) in [6.07, 6.45) is 1.13. The monoisotopic (exact) mass is 426 g/mol. The van der Waals surface area contributed by atoms with Crippen molar-refractivity contribution in [1.29, 1.82) is 0 Å². The average Bonchev–Trinajstić information content (AvgIpc) is 2.95. The highest BCUT2D eigenvalue weighted by Gasteiger charge is 2.16. The maximum absolute atomic E-state index is 12.6. The molecular formula is C17H18N2O5S3. The molecule has 0 saturated heterocycles. The summed E-state index contributed by atoms with van der Waals surface area (Å²) in [7, 11) is -5.71. The number of nitrogens with zero attached hydrogens (tertiary/aromatic N) is 2. The summed E-state index contributed by atoms with van der Waals surface area (Å²) < 4.78 is 60.3. The van der Waals surface area contributed by atoms with Crippen molar-refractivity contribution in [2.24, 2.45) is 4.40 Å². The van der Waals surface area contributed by atoms with Crippen molar-refractivity contribution in [2.45, 2.75) is 16.3 Å². The fourth-order valence-corrected chi connectivity index (χ4v) is 5.54. The van der Waals surface area contributed by atoms with Gasteiger partial charge in [0, 0.05) is 19.9 Å². The van der Waals surface area contributed by atoms with Gasteiger partial charge in [-0.15, -0.1) is 4.40 Å². The molecular weight excluding hydrogens is 408 g/mol. The van der Waals surface area contributed by atoms with E-state index in [2.05, 4.69) is 4.40 Å². The smallest absolute Gasteiger partial charge is 0.285 e. The van der Waals surface area contributed by atoms with Crippen LogP contribution in [0.4, 0.5) is 0 Å². The van der Waals surface area contributed by atoms with Crippen LogP contribution < -0.4 is 4.80 Å². The quantitative estimate of drug-likeness (QED) is 0.601. The molecule has 3 rings (SSSR count). The van der Waals surface area contributed by atoms with E-state index in [0.29, 0.717) is 23.4 Å². The molecule has 1 aromatic heterocycles. The summed E-state index contributed by atoms with van der Waals surface area (Å²) in [5.41, 5.74) is 0.700. The van der Waals surface area contributed by atoms with Gasteiger partial charge in [0.2, 0.25) is 4.80 Å². The maximum atomic E-state index is 12.6. The minimum Gasteiger partial charge on any atom is -0.383 e. The third-order valence-electron chi connectivity index (χ3n) is 3.84. The minimum atomic E-state index is -3.89. The molecule has 0 atom stereocenters. The van der Waals surface area contributed by atoms with Crippen LogP contribution in [0, 0.1) is 0 Å². The number of fused-ring (bicyclic) bond motifs is 1. The number of sulfone groups is 1. The summed E-state index contributed by atoms with van der Waals surface area (Å²) in [6.45, 7) is 0.746. The van der Waals surface area contributed by atoms with E-state index < -0.39 is 19.9 Å². The molecule has 0 spiro atoms. The molecule has 0 aliphatic carbocycles. The van der Waals surface area contributed by atoms with E-state index in [9.17, 15) is 16.8 Å². The van der Waals surface area contributed by atoms with Gasteiger partial charge in [0.15, 0.2) is 9.84 Å². The van der Waals surface area contributed by atoms with E-state index >= 15 is 0 Å². The second-order valence-corrected chi connectivity index (χ2v) is 10.4. The number of hydrogen-bond acceptors (Lipinski definition) is 6. The van der Waals surface area contributed by atoms with Crippen LogP contribution in [0.15, 0.2) is 62.7 Å². The molecule has 0 bridgehead atoms. The maximum Gasteiger partial charge on any atom is 0.285 e. The molecule has 0 aliphatic heterocycles. The molecule has 3 aromatic rings. The van der Waals surface area contributed by atoms with E-state index in [-0.39, 0.29) is 14.6 Å². The summed E-state index contributed by atoms with van der Waals surface area (Å²) >= 11 is 1.12. The van der Waals surface area contributed by atoms with Gasteiger partial charge in [-0.05, 0) is 30.3 Å². The third kappa shape index (κ3) is 4.29. The van der Waals surface area contributed by atoms with E-state index in [1.165, 1.54) is 24.3 Å². The zero-order chi connectivity index (χ0) is 19.7. The van der Waals surface area contributed by atoms with E-state index in [1.807, 2.05) is 0 Å². The van der Waals surface area contributed by atoms with Crippen LogP contribution >= 0.6 is 11.3 Å². The zero-order valence-electron chi connectivity index (χ0n) is 14.7. The van der Waals surface area contributed by atoms with Crippen molar-refractivity contribution in [2.75, 3.05) is 20.0 Å². The van der Waals surface area contributed by atoms with Crippen LogP contribution in [0.25, 0.3) is 10.2 Å². The Labute approximate surface area is 161 Å². The van der Waals surface area contributed by atoms with Gasteiger partial charge < -0.3 is 9.30 Å². The lowest BCUT2D eigenvalue weighted by molar-refractivity contribution is 0.187. The number of benzene rings is 2. The molecule has 1 heterocycles. The number of hydrogen-bond donors (Lipinski definition) is 0. The number of ether oxygens (including phenoxy) is 1. The van der Waals surface area contributed by atoms with Gasteiger partial charge in [-0.25, -0.2) is 8.42 Å². The first kappa shape index (κ1) is 19.7. The highest BCUT2D eigenvalue weighted by molar-refractivity contribution is 7.90. The molecule has 0 radical (unpaired) electrons. The Morgan fingerprint density at radius 2 is 1.74 bits per heavy atom. The van der Waals surface area contributed by atoms with Gasteiger partial charge in [-0.2, -0.15) is 8.42 Å². The van der Waals surface area contributed by atoms with Gasteiger partial charge in [0.1, 0.15) is 0 Å². The van der Waals surface area contributed by atoms with Crippen molar-refractivity contribution in [3.8, 4) is 0 Å². The van der Waals surface area contributed by atoms with Crippen LogP contribution in [0.2, 0.25) is 0 Å². The molecule has 0 fully saturated rings. The van der Waals surface area contributed by atoms with Gasteiger partial charge >= 0.3 is 0 Å². The van der Waals surface area contributed by atoms with Crippen molar-refractivity contribution in [1.82, 2.24) is 4.57 Å². The second-order valence-electron chi connectivity index (χ2n) is 5.81. The molecule has 0 amide bonds. The molecule has 27 heavy (non-hydrogen) atoms. The number of thiazole rings is 1. The lowest BCUT2D eigenvalue weighted by Crippen LogP contribution is -2.19. The largest absolute Gasteiger partial charge is 0.383 e. The molecule has 0 aliphatic rings. The first-order chi connectivity index (χ1) is 12.7. The van der Waals surface area contributed by atoms with Crippen LogP contribution in [0.1, 0.15) is 0 Å². The SMILES string of the molecule is COCCn1/c(=N/S(=O)(=O)c2ccccc2)sc2cc(S(C)(=O)=O)ccc21. The van der Waals surface area contributed by atoms with E-state index in [4.69, 9.17) is 4.74 Å². The Morgan fingerprint density at radius 1 is 1.04 bits per heavy atom. The Balaban J connectivity index is 2.24. The average molecular weight is 427 g/mol. The summed E-state index contributed by atoms with van der Waals surface area (Å²) in [5, 5.41) is 0. The van der Waals surface area contributed by atoms with Crippen LogP contribution in [0.5, 0.6) is 0 Å². The predicted molar refractivity (Wildman–Crippen MR) is 104 cm³/mol. The normalized spacial score (nSPS) is 13.3. The summed E-state index contributed by atoms with van der Waals surface area (Å²) in [6, 6.07) is 12.6. The molecule has 0 N–H and O–H groups in total. The number of rotatable bonds is 6. The standard InChI is InChI=1S/C17H18N2O5S3/c1-24-11-10-19-15-9-8-14(26(2,20)21)12-16(15)25-17(19)18-27(22,23)13-6-4-3-5-7-13/h3-9,12H,10-11H2,1-2H3/b18-17-.